The Bertz CT molecular complexity index is 581. The van der Waals surface area contributed by atoms with Crippen LogP contribution in [0.2, 0.25) is 0 Å². The van der Waals surface area contributed by atoms with Gasteiger partial charge in [0.25, 0.3) is 0 Å². The van der Waals surface area contributed by atoms with Gasteiger partial charge < -0.3 is 10.6 Å². The largest absolute Gasteiger partial charge is 0.356 e. The summed E-state index contributed by atoms with van der Waals surface area (Å²) in [5.74, 6) is 0. The molecule has 1 atom stereocenters. The molecule has 0 radical (unpaired) electrons. The second-order valence-corrected chi connectivity index (χ2v) is 5.39. The third-order valence-electron chi connectivity index (χ3n) is 3.56. The van der Waals surface area contributed by atoms with Crippen LogP contribution in [0.25, 0.3) is 0 Å². The minimum Gasteiger partial charge on any atom is -0.356 e. The zero-order chi connectivity index (χ0) is 15.1. The number of hydrogen-bond acceptors (Lipinski definition) is 1. The lowest BCUT2D eigenvalue weighted by molar-refractivity contribution is 0.629. The van der Waals surface area contributed by atoms with Crippen LogP contribution in [-0.2, 0) is 6.42 Å². The maximum absolute atomic E-state index is 5.46. The Labute approximate surface area is 132 Å². The summed E-state index contributed by atoms with van der Waals surface area (Å²) in [4.78, 5) is 0. The summed E-state index contributed by atoms with van der Waals surface area (Å²) in [7, 11) is 0. The van der Waals surface area contributed by atoms with Gasteiger partial charge in [-0.2, -0.15) is 0 Å². The summed E-state index contributed by atoms with van der Waals surface area (Å²) < 4.78 is 0. The Hall–Kier alpha value is -1.87. The molecule has 2 N–H and O–H groups in total. The van der Waals surface area contributed by atoms with Crippen molar-refractivity contribution in [2.75, 3.05) is 5.32 Å². The molecule has 0 amide bonds. The SMILES string of the molecule is CCc1ccccc1NC(=S)NC(CC)c1ccccc1. The minimum atomic E-state index is 0.236. The molecular formula is C18H22N2S. The van der Waals surface area contributed by atoms with Gasteiger partial charge in [-0.05, 0) is 42.3 Å². The molecule has 0 aliphatic carbocycles. The quantitative estimate of drug-likeness (QED) is 0.783. The number of rotatable bonds is 5. The van der Waals surface area contributed by atoms with Crippen LogP contribution >= 0.6 is 12.2 Å². The third-order valence-corrected chi connectivity index (χ3v) is 3.78. The third kappa shape index (κ3) is 4.30. The fourth-order valence-corrected chi connectivity index (χ4v) is 2.63. The predicted molar refractivity (Wildman–Crippen MR) is 94.7 cm³/mol. The number of thiocarbonyl (C=S) groups is 1. The first kappa shape index (κ1) is 15.5. The van der Waals surface area contributed by atoms with Crippen LogP contribution in [0.15, 0.2) is 54.6 Å². The number of para-hydroxylation sites is 1. The second kappa shape index (κ2) is 7.79. The highest BCUT2D eigenvalue weighted by atomic mass is 32.1. The summed E-state index contributed by atoms with van der Waals surface area (Å²) in [5, 5.41) is 7.39. The van der Waals surface area contributed by atoms with Crippen LogP contribution in [0.3, 0.4) is 0 Å². The molecule has 1 unspecified atom stereocenters. The molecule has 110 valence electrons. The van der Waals surface area contributed by atoms with Crippen LogP contribution in [0.1, 0.15) is 37.4 Å². The van der Waals surface area contributed by atoms with Crippen LogP contribution in [0, 0.1) is 0 Å². The molecule has 0 aromatic heterocycles. The monoisotopic (exact) mass is 298 g/mol. The van der Waals surface area contributed by atoms with Crippen molar-refractivity contribution in [2.24, 2.45) is 0 Å². The van der Waals surface area contributed by atoms with E-state index in [0.29, 0.717) is 5.11 Å². The molecule has 0 heterocycles. The van der Waals surface area contributed by atoms with Crippen LogP contribution in [0.5, 0.6) is 0 Å². The van der Waals surface area contributed by atoms with Gasteiger partial charge in [0.15, 0.2) is 5.11 Å². The van der Waals surface area contributed by atoms with Gasteiger partial charge in [-0.25, -0.2) is 0 Å². The summed E-state index contributed by atoms with van der Waals surface area (Å²) in [6, 6.07) is 18.9. The highest BCUT2D eigenvalue weighted by Crippen LogP contribution is 2.18. The van der Waals surface area contributed by atoms with E-state index < -0.39 is 0 Å². The topological polar surface area (TPSA) is 24.1 Å². The fourth-order valence-electron chi connectivity index (χ4n) is 2.37. The summed E-state index contributed by atoms with van der Waals surface area (Å²) >= 11 is 5.46. The summed E-state index contributed by atoms with van der Waals surface area (Å²) in [5.41, 5.74) is 3.61. The van der Waals surface area contributed by atoms with Crippen molar-refractivity contribution in [1.29, 1.82) is 0 Å². The maximum Gasteiger partial charge on any atom is 0.171 e. The molecule has 0 spiro atoms. The normalized spacial score (nSPS) is 11.7. The number of benzene rings is 2. The molecule has 0 fully saturated rings. The maximum atomic E-state index is 5.46. The van der Waals surface area contributed by atoms with Gasteiger partial charge in [-0.15, -0.1) is 0 Å². The zero-order valence-electron chi connectivity index (χ0n) is 12.6. The molecule has 0 saturated heterocycles. The van der Waals surface area contributed by atoms with Gasteiger partial charge in [0.2, 0.25) is 0 Å². The molecule has 0 aliphatic rings. The van der Waals surface area contributed by atoms with E-state index in [1.54, 1.807) is 0 Å². The highest BCUT2D eigenvalue weighted by Gasteiger charge is 2.10. The van der Waals surface area contributed by atoms with E-state index in [4.69, 9.17) is 12.2 Å². The summed E-state index contributed by atoms with van der Waals surface area (Å²) in [6.45, 7) is 4.31. The van der Waals surface area contributed by atoms with Gasteiger partial charge in [-0.3, -0.25) is 0 Å². The number of anilines is 1. The Morgan fingerprint density at radius 3 is 2.33 bits per heavy atom. The zero-order valence-corrected chi connectivity index (χ0v) is 13.4. The number of nitrogens with one attached hydrogen (secondary N) is 2. The molecule has 21 heavy (non-hydrogen) atoms. The van der Waals surface area contributed by atoms with E-state index >= 15 is 0 Å². The van der Waals surface area contributed by atoms with E-state index in [0.717, 1.165) is 18.5 Å². The van der Waals surface area contributed by atoms with E-state index in [2.05, 4.69) is 66.9 Å². The van der Waals surface area contributed by atoms with E-state index in [1.165, 1.54) is 11.1 Å². The van der Waals surface area contributed by atoms with Crippen LogP contribution < -0.4 is 10.6 Å². The molecule has 2 nitrogen and oxygen atoms in total. The molecule has 2 aromatic rings. The Balaban J connectivity index is 2.03. The van der Waals surface area contributed by atoms with Crippen molar-refractivity contribution in [1.82, 2.24) is 5.32 Å². The van der Waals surface area contributed by atoms with E-state index in [1.807, 2.05) is 12.1 Å². The van der Waals surface area contributed by atoms with Crippen molar-refractivity contribution in [3.8, 4) is 0 Å². The van der Waals surface area contributed by atoms with Gasteiger partial charge in [0, 0.05) is 5.69 Å². The lowest BCUT2D eigenvalue weighted by atomic mass is 10.1. The fraction of sp³-hybridized carbons (Fsp3) is 0.278. The lowest BCUT2D eigenvalue weighted by Gasteiger charge is -2.20. The first-order valence-electron chi connectivity index (χ1n) is 7.45. The number of hydrogen-bond donors (Lipinski definition) is 2. The first-order chi connectivity index (χ1) is 10.2. The lowest BCUT2D eigenvalue weighted by Crippen LogP contribution is -2.32. The Morgan fingerprint density at radius 1 is 1.00 bits per heavy atom. The van der Waals surface area contributed by atoms with Crippen molar-refractivity contribution < 1.29 is 0 Å². The van der Waals surface area contributed by atoms with E-state index in [-0.39, 0.29) is 6.04 Å². The Morgan fingerprint density at radius 2 is 1.67 bits per heavy atom. The molecule has 3 heteroatoms. The van der Waals surface area contributed by atoms with Crippen LogP contribution in [0.4, 0.5) is 5.69 Å². The standard InChI is InChI=1S/C18H22N2S/c1-3-14-10-8-9-13-17(14)20-18(21)19-16(4-2)15-11-6-5-7-12-15/h5-13,16H,3-4H2,1-2H3,(H2,19,20,21). The highest BCUT2D eigenvalue weighted by molar-refractivity contribution is 7.80. The van der Waals surface area contributed by atoms with Crippen molar-refractivity contribution in [3.05, 3.63) is 65.7 Å². The van der Waals surface area contributed by atoms with Gasteiger partial charge in [0.1, 0.15) is 0 Å². The first-order valence-corrected chi connectivity index (χ1v) is 7.85. The predicted octanol–water partition coefficient (Wildman–Crippen LogP) is 4.69. The molecule has 2 aromatic carbocycles. The van der Waals surface area contributed by atoms with Crippen molar-refractivity contribution in [2.45, 2.75) is 32.7 Å². The molecular weight excluding hydrogens is 276 g/mol. The smallest absolute Gasteiger partial charge is 0.171 e. The second-order valence-electron chi connectivity index (χ2n) is 4.98. The number of aryl methyl sites for hydroxylation is 1. The molecule has 0 bridgehead atoms. The Kier molecular flexibility index (Phi) is 5.76. The molecule has 0 saturated carbocycles. The van der Waals surface area contributed by atoms with Gasteiger partial charge >= 0.3 is 0 Å². The minimum absolute atomic E-state index is 0.236. The van der Waals surface area contributed by atoms with Crippen molar-refractivity contribution in [3.63, 3.8) is 0 Å². The van der Waals surface area contributed by atoms with E-state index in [9.17, 15) is 0 Å². The summed E-state index contributed by atoms with van der Waals surface area (Å²) in [6.07, 6.45) is 1.98. The van der Waals surface area contributed by atoms with Gasteiger partial charge in [0.05, 0.1) is 6.04 Å². The van der Waals surface area contributed by atoms with Crippen LogP contribution in [-0.4, -0.2) is 5.11 Å². The molecule has 0 aliphatic heterocycles. The average molecular weight is 298 g/mol. The van der Waals surface area contributed by atoms with Gasteiger partial charge in [-0.1, -0.05) is 62.4 Å². The van der Waals surface area contributed by atoms with Crippen molar-refractivity contribution >= 4 is 23.0 Å². The molecule has 2 rings (SSSR count). The average Bonchev–Trinajstić information content (AvgIpc) is 2.54.